The summed E-state index contributed by atoms with van der Waals surface area (Å²) in [6.45, 7) is 14.8. The van der Waals surface area contributed by atoms with E-state index in [0.717, 1.165) is 34.7 Å². The van der Waals surface area contributed by atoms with Crippen LogP contribution in [0.15, 0.2) is 29.8 Å². The zero-order valence-corrected chi connectivity index (χ0v) is 20.0. The minimum absolute atomic E-state index is 0.0567. The number of aromatic nitrogens is 2. The van der Waals surface area contributed by atoms with Crippen molar-refractivity contribution < 1.29 is 9.53 Å². The maximum absolute atomic E-state index is 12.8. The fourth-order valence-electron chi connectivity index (χ4n) is 4.07. The fraction of sp³-hybridized carbons (Fsp3) is 0.480. The maximum Gasteiger partial charge on any atom is 0.262 e. The third kappa shape index (κ3) is 6.99. The lowest BCUT2D eigenvalue weighted by Crippen LogP contribution is -2.46. The molecular formula is C25H34N4O2. The lowest BCUT2D eigenvalue weighted by Gasteiger charge is -2.33. The zero-order chi connectivity index (χ0) is 23.4. The number of hydrogen-bond donors (Lipinski definition) is 1. The minimum Gasteiger partial charge on any atom is -0.496 e. The standard InChI is InChI=1S/C25H34N4O2/c1-17-11-18(2)29(28-17)15-21-13-19(9-10-22(21)31-8)12-20(14-26)23(30)27-25(6,7)16-24(3,4)5/h9-13H,15-16H2,1-8H3,(H,27,30)/b20-12-. The van der Waals surface area contributed by atoms with Crippen LogP contribution in [0.3, 0.4) is 0 Å². The van der Waals surface area contributed by atoms with Crippen LogP contribution in [0.4, 0.5) is 0 Å². The largest absolute Gasteiger partial charge is 0.496 e. The normalized spacial score (nSPS) is 12.4. The molecule has 0 radical (unpaired) electrons. The van der Waals surface area contributed by atoms with Crippen LogP contribution in [-0.4, -0.2) is 28.3 Å². The van der Waals surface area contributed by atoms with E-state index in [4.69, 9.17) is 4.74 Å². The molecule has 31 heavy (non-hydrogen) atoms. The van der Waals surface area contributed by atoms with Crippen molar-refractivity contribution in [3.05, 3.63) is 52.4 Å². The third-order valence-electron chi connectivity index (χ3n) is 4.83. The van der Waals surface area contributed by atoms with Gasteiger partial charge in [0.15, 0.2) is 0 Å². The number of aryl methyl sites for hydroxylation is 2. The van der Waals surface area contributed by atoms with Crippen LogP contribution in [0, 0.1) is 30.6 Å². The Morgan fingerprint density at radius 1 is 1.23 bits per heavy atom. The molecule has 0 saturated carbocycles. The summed E-state index contributed by atoms with van der Waals surface area (Å²) in [4.78, 5) is 12.8. The monoisotopic (exact) mass is 422 g/mol. The van der Waals surface area contributed by atoms with E-state index in [0.29, 0.717) is 6.54 Å². The molecule has 1 N–H and O–H groups in total. The molecule has 0 aliphatic carbocycles. The highest BCUT2D eigenvalue weighted by atomic mass is 16.5. The van der Waals surface area contributed by atoms with Crippen LogP contribution in [0.1, 0.15) is 63.6 Å². The highest BCUT2D eigenvalue weighted by Gasteiger charge is 2.28. The number of ether oxygens (including phenoxy) is 1. The zero-order valence-electron chi connectivity index (χ0n) is 20.0. The number of amides is 1. The van der Waals surface area contributed by atoms with Crippen LogP contribution in [0.5, 0.6) is 5.75 Å². The van der Waals surface area contributed by atoms with E-state index in [1.54, 1.807) is 13.2 Å². The van der Waals surface area contributed by atoms with Gasteiger partial charge in [0.2, 0.25) is 0 Å². The smallest absolute Gasteiger partial charge is 0.262 e. The highest BCUT2D eigenvalue weighted by Crippen LogP contribution is 2.27. The Morgan fingerprint density at radius 3 is 2.42 bits per heavy atom. The Kier molecular flexibility index (Phi) is 7.32. The number of hydrogen-bond acceptors (Lipinski definition) is 4. The molecule has 1 amide bonds. The second-order valence-electron chi connectivity index (χ2n) is 9.90. The van der Waals surface area contributed by atoms with Crippen LogP contribution >= 0.6 is 0 Å². The molecule has 0 saturated heterocycles. The van der Waals surface area contributed by atoms with Crippen LogP contribution in [0.2, 0.25) is 0 Å². The van der Waals surface area contributed by atoms with Gasteiger partial charge in [0.05, 0.1) is 19.3 Å². The molecule has 0 bridgehead atoms. The van der Waals surface area contributed by atoms with Crippen molar-refractivity contribution in [3.8, 4) is 11.8 Å². The number of nitriles is 1. The van der Waals surface area contributed by atoms with Crippen molar-refractivity contribution in [3.63, 3.8) is 0 Å². The molecule has 0 unspecified atom stereocenters. The molecule has 6 heteroatoms. The summed E-state index contributed by atoms with van der Waals surface area (Å²) in [7, 11) is 1.63. The van der Waals surface area contributed by atoms with Gasteiger partial charge in [-0.25, -0.2) is 0 Å². The molecular weight excluding hydrogens is 388 g/mol. The number of carbonyl (C=O) groups is 1. The Labute approximate surface area is 185 Å². The van der Waals surface area contributed by atoms with Crippen molar-refractivity contribution in [1.82, 2.24) is 15.1 Å². The Morgan fingerprint density at radius 2 is 1.90 bits per heavy atom. The highest BCUT2D eigenvalue weighted by molar-refractivity contribution is 6.02. The van der Waals surface area contributed by atoms with Gasteiger partial charge < -0.3 is 10.1 Å². The lowest BCUT2D eigenvalue weighted by molar-refractivity contribution is -0.118. The Bertz CT molecular complexity index is 1020. The quantitative estimate of drug-likeness (QED) is 0.514. The van der Waals surface area contributed by atoms with E-state index in [9.17, 15) is 10.1 Å². The summed E-state index contributed by atoms with van der Waals surface area (Å²) in [5.74, 6) is 0.367. The number of rotatable bonds is 7. The number of benzene rings is 1. The van der Waals surface area contributed by atoms with Gasteiger partial charge >= 0.3 is 0 Å². The van der Waals surface area contributed by atoms with Crippen LogP contribution < -0.4 is 10.1 Å². The molecule has 1 heterocycles. The van der Waals surface area contributed by atoms with E-state index in [-0.39, 0.29) is 16.9 Å². The first-order valence-electron chi connectivity index (χ1n) is 10.5. The second-order valence-corrected chi connectivity index (χ2v) is 9.90. The molecule has 1 aromatic carbocycles. The van der Waals surface area contributed by atoms with Gasteiger partial charge in [-0.1, -0.05) is 26.8 Å². The molecule has 0 aliphatic heterocycles. The topological polar surface area (TPSA) is 79.9 Å². The van der Waals surface area contributed by atoms with Crippen molar-refractivity contribution in [2.75, 3.05) is 7.11 Å². The van der Waals surface area contributed by atoms with E-state index in [2.05, 4.69) is 31.2 Å². The van der Waals surface area contributed by atoms with Crippen molar-refractivity contribution in [2.24, 2.45) is 5.41 Å². The summed E-state index contributed by atoms with van der Waals surface area (Å²) >= 11 is 0. The van der Waals surface area contributed by atoms with E-state index < -0.39 is 5.54 Å². The summed E-state index contributed by atoms with van der Waals surface area (Å²) in [5, 5.41) is 17.1. The predicted octanol–water partition coefficient (Wildman–Crippen LogP) is 4.79. The number of methoxy groups -OCH3 is 1. The third-order valence-corrected chi connectivity index (χ3v) is 4.83. The first kappa shape index (κ1) is 24.2. The molecule has 0 atom stereocenters. The summed E-state index contributed by atoms with van der Waals surface area (Å²) < 4.78 is 7.41. The van der Waals surface area contributed by atoms with Gasteiger partial charge in [-0.05, 0) is 69.4 Å². The number of nitrogens with zero attached hydrogens (tertiary/aromatic N) is 3. The van der Waals surface area contributed by atoms with Gasteiger partial charge in [-0.15, -0.1) is 0 Å². The van der Waals surface area contributed by atoms with Gasteiger partial charge in [0.1, 0.15) is 17.4 Å². The van der Waals surface area contributed by atoms with Crippen molar-refractivity contribution in [2.45, 2.75) is 67.0 Å². The summed E-state index contributed by atoms with van der Waals surface area (Å²) in [5.41, 5.74) is 3.40. The predicted molar refractivity (Wildman–Crippen MR) is 124 cm³/mol. The molecule has 0 fully saturated rings. The first-order chi connectivity index (χ1) is 14.3. The van der Waals surface area contributed by atoms with Gasteiger partial charge in [-0.3, -0.25) is 9.48 Å². The summed E-state index contributed by atoms with van der Waals surface area (Å²) in [6, 6.07) is 9.69. The maximum atomic E-state index is 12.8. The van der Waals surface area contributed by atoms with Gasteiger partial charge in [0, 0.05) is 16.8 Å². The molecule has 6 nitrogen and oxygen atoms in total. The minimum atomic E-state index is -0.425. The van der Waals surface area contributed by atoms with E-state index in [1.807, 2.05) is 62.7 Å². The fourth-order valence-corrected chi connectivity index (χ4v) is 4.07. The van der Waals surface area contributed by atoms with Gasteiger partial charge in [-0.2, -0.15) is 10.4 Å². The van der Waals surface area contributed by atoms with Crippen molar-refractivity contribution in [1.29, 1.82) is 5.26 Å². The van der Waals surface area contributed by atoms with Crippen LogP contribution in [0.25, 0.3) is 6.08 Å². The SMILES string of the molecule is COc1ccc(/C=C(/C#N)C(=O)NC(C)(C)CC(C)(C)C)cc1Cn1nc(C)cc1C. The first-order valence-corrected chi connectivity index (χ1v) is 10.5. The second kappa shape index (κ2) is 9.38. The average molecular weight is 423 g/mol. The molecule has 2 rings (SSSR count). The van der Waals surface area contributed by atoms with Crippen LogP contribution in [-0.2, 0) is 11.3 Å². The molecule has 0 aliphatic rings. The number of carbonyl (C=O) groups excluding carboxylic acids is 1. The number of nitrogens with one attached hydrogen (secondary N) is 1. The molecule has 166 valence electrons. The Hall–Kier alpha value is -3.07. The molecule has 1 aromatic heterocycles. The van der Waals surface area contributed by atoms with E-state index >= 15 is 0 Å². The Balaban J connectivity index is 2.30. The van der Waals surface area contributed by atoms with Gasteiger partial charge in [0.25, 0.3) is 5.91 Å². The van der Waals surface area contributed by atoms with Crippen molar-refractivity contribution >= 4 is 12.0 Å². The summed E-state index contributed by atoms with van der Waals surface area (Å²) in [6.07, 6.45) is 2.41. The molecule has 2 aromatic rings. The average Bonchev–Trinajstić information content (AvgIpc) is 2.94. The lowest BCUT2D eigenvalue weighted by atomic mass is 9.81. The van der Waals surface area contributed by atoms with E-state index in [1.165, 1.54) is 0 Å². The molecule has 0 spiro atoms.